The Kier molecular flexibility index (Phi) is 7.72. The Labute approximate surface area is 240 Å². The molecule has 2 bridgehead atoms. The number of hydrogen-bond acceptors (Lipinski definition) is 5. The van der Waals surface area contributed by atoms with E-state index >= 15 is 0 Å². The molecule has 3 heterocycles. The maximum atomic E-state index is 14.3. The molecule has 6 atom stereocenters. The molecule has 3 fully saturated rings. The summed E-state index contributed by atoms with van der Waals surface area (Å²) in [5, 5.41) is 16.8. The zero-order valence-electron chi connectivity index (χ0n) is 23.4. The van der Waals surface area contributed by atoms with Gasteiger partial charge in [-0.1, -0.05) is 67.9 Å². The summed E-state index contributed by atoms with van der Waals surface area (Å²) < 4.78 is 6.69. The highest BCUT2D eigenvalue weighted by Crippen LogP contribution is 2.63. The highest BCUT2D eigenvalue weighted by atomic mass is 35.5. The van der Waals surface area contributed by atoms with E-state index in [1.165, 1.54) is 4.90 Å². The fourth-order valence-electron chi connectivity index (χ4n) is 7.15. The Balaban J connectivity index is 1.52. The Hall–Kier alpha value is -2.94. The third-order valence-electron chi connectivity index (χ3n) is 8.87. The van der Waals surface area contributed by atoms with Crippen LogP contribution >= 0.6 is 11.6 Å². The third-order valence-corrected chi connectivity index (χ3v) is 9.19. The van der Waals surface area contributed by atoms with Crippen LogP contribution in [0.2, 0.25) is 5.02 Å². The van der Waals surface area contributed by atoms with Gasteiger partial charge in [0, 0.05) is 6.54 Å². The maximum Gasteiger partial charge on any atom is 0.250 e. The lowest BCUT2D eigenvalue weighted by atomic mass is 9.66. The molecule has 3 N–H and O–H groups in total. The molecule has 2 unspecified atom stereocenters. The normalized spacial score (nSPS) is 29.5. The monoisotopic (exact) mass is 567 g/mol. The quantitative estimate of drug-likeness (QED) is 0.423. The lowest BCUT2D eigenvalue weighted by Gasteiger charge is -2.37. The van der Waals surface area contributed by atoms with Crippen LogP contribution in [0.1, 0.15) is 51.2 Å². The van der Waals surface area contributed by atoms with Gasteiger partial charge >= 0.3 is 0 Å². The van der Waals surface area contributed by atoms with Crippen LogP contribution in [0.15, 0.2) is 48.5 Å². The molecule has 0 radical (unpaired) electrons. The van der Waals surface area contributed by atoms with Gasteiger partial charge in [0.25, 0.3) is 0 Å². The predicted octanol–water partition coefficient (Wildman–Crippen LogP) is 4.08. The summed E-state index contributed by atoms with van der Waals surface area (Å²) in [6, 6.07) is 13.3. The molecule has 2 aromatic rings. The second kappa shape index (κ2) is 10.8. The summed E-state index contributed by atoms with van der Waals surface area (Å²) >= 11 is 6.44. The summed E-state index contributed by atoms with van der Waals surface area (Å²) in [6.07, 6.45) is 1.50. The molecule has 1 spiro atoms. The molecule has 0 saturated carbocycles. The smallest absolute Gasteiger partial charge is 0.250 e. The topological polar surface area (TPSA) is 108 Å². The molecule has 9 heteroatoms. The molecular formula is C31H38ClN3O5. The Morgan fingerprint density at radius 2 is 1.85 bits per heavy atom. The van der Waals surface area contributed by atoms with Crippen molar-refractivity contribution >= 4 is 35.0 Å². The van der Waals surface area contributed by atoms with Crippen LogP contribution in [-0.4, -0.2) is 57.6 Å². The minimum Gasteiger partial charge on any atom is -0.394 e. The van der Waals surface area contributed by atoms with Crippen LogP contribution in [0, 0.1) is 24.7 Å². The van der Waals surface area contributed by atoms with Crippen molar-refractivity contribution in [3.05, 3.63) is 64.7 Å². The van der Waals surface area contributed by atoms with Gasteiger partial charge in [-0.2, -0.15) is 0 Å². The van der Waals surface area contributed by atoms with Gasteiger partial charge in [0.15, 0.2) is 0 Å². The van der Waals surface area contributed by atoms with E-state index in [9.17, 15) is 19.5 Å². The Morgan fingerprint density at radius 1 is 1.12 bits per heavy atom. The number of fused-ring (bicyclic) bond motifs is 1. The molecule has 8 nitrogen and oxygen atoms in total. The van der Waals surface area contributed by atoms with E-state index in [4.69, 9.17) is 16.3 Å². The van der Waals surface area contributed by atoms with Crippen molar-refractivity contribution in [2.75, 3.05) is 11.9 Å². The summed E-state index contributed by atoms with van der Waals surface area (Å²) in [5.74, 6) is -2.46. The highest BCUT2D eigenvalue weighted by Gasteiger charge is 2.78. The molecule has 0 aromatic heterocycles. The Bertz CT molecular complexity index is 1280. The number of nitrogens with one attached hydrogen (secondary N) is 2. The van der Waals surface area contributed by atoms with Crippen LogP contribution in [0.4, 0.5) is 5.69 Å². The number of benzene rings is 2. The van der Waals surface area contributed by atoms with Gasteiger partial charge in [0.05, 0.1) is 40.8 Å². The van der Waals surface area contributed by atoms with Crippen molar-refractivity contribution in [2.45, 2.75) is 76.8 Å². The van der Waals surface area contributed by atoms with Crippen LogP contribution in [0.5, 0.6) is 0 Å². The largest absolute Gasteiger partial charge is 0.394 e. The average Bonchev–Trinajstić information content (AvgIpc) is 3.49. The van der Waals surface area contributed by atoms with E-state index in [0.29, 0.717) is 36.5 Å². The lowest BCUT2D eigenvalue weighted by molar-refractivity contribution is -0.148. The van der Waals surface area contributed by atoms with Crippen molar-refractivity contribution < 1.29 is 24.2 Å². The van der Waals surface area contributed by atoms with Gasteiger partial charge in [-0.05, 0) is 56.2 Å². The number of carbonyl (C=O) groups is 3. The van der Waals surface area contributed by atoms with Crippen LogP contribution in [0.25, 0.3) is 0 Å². The van der Waals surface area contributed by atoms with Crippen LogP contribution in [-0.2, 0) is 25.7 Å². The SMILES string of the molecule is Cc1cccc(Cl)c1NC(=O)C1N([C@@H](CO)CC(C)C)C(=O)[C@@H]2[C@H](C(=O)NCc3ccccc3)[C@]3(C)CCC12O3. The molecule has 3 aliphatic heterocycles. The first-order chi connectivity index (χ1) is 19.0. The summed E-state index contributed by atoms with van der Waals surface area (Å²) in [6.45, 7) is 7.76. The number of para-hydroxylation sites is 1. The van der Waals surface area contributed by atoms with E-state index in [0.717, 1.165) is 11.1 Å². The number of hydrogen-bond donors (Lipinski definition) is 3. The number of amides is 3. The fraction of sp³-hybridized carbons (Fsp3) is 0.516. The number of aliphatic hydroxyl groups excluding tert-OH is 1. The Morgan fingerprint density at radius 3 is 2.50 bits per heavy atom. The highest BCUT2D eigenvalue weighted by molar-refractivity contribution is 6.34. The number of rotatable bonds is 9. The number of likely N-dealkylation sites (tertiary alicyclic amines) is 1. The summed E-state index contributed by atoms with van der Waals surface area (Å²) in [7, 11) is 0. The van der Waals surface area contributed by atoms with E-state index < -0.39 is 41.0 Å². The van der Waals surface area contributed by atoms with Gasteiger partial charge in [-0.25, -0.2) is 0 Å². The molecule has 40 heavy (non-hydrogen) atoms. The average molecular weight is 568 g/mol. The number of anilines is 1. The minimum atomic E-state index is -1.19. The van der Waals surface area contributed by atoms with Crippen LogP contribution < -0.4 is 10.6 Å². The van der Waals surface area contributed by atoms with Crippen molar-refractivity contribution in [3.8, 4) is 0 Å². The van der Waals surface area contributed by atoms with E-state index in [-0.39, 0.29) is 24.3 Å². The first kappa shape index (κ1) is 28.6. The van der Waals surface area contributed by atoms with E-state index in [1.807, 2.05) is 64.1 Å². The molecule has 214 valence electrons. The van der Waals surface area contributed by atoms with E-state index in [2.05, 4.69) is 10.6 Å². The van der Waals surface area contributed by atoms with Crippen molar-refractivity contribution in [1.29, 1.82) is 0 Å². The van der Waals surface area contributed by atoms with Crippen LogP contribution in [0.3, 0.4) is 0 Å². The van der Waals surface area contributed by atoms with Gasteiger partial charge in [-0.3, -0.25) is 14.4 Å². The molecule has 2 aromatic carbocycles. The number of carbonyl (C=O) groups excluding carboxylic acids is 3. The molecule has 3 aliphatic rings. The van der Waals surface area contributed by atoms with E-state index in [1.54, 1.807) is 12.1 Å². The van der Waals surface area contributed by atoms with Crippen molar-refractivity contribution in [1.82, 2.24) is 10.2 Å². The maximum absolute atomic E-state index is 14.3. The molecule has 0 aliphatic carbocycles. The number of ether oxygens (including phenoxy) is 1. The van der Waals surface area contributed by atoms with Gasteiger partial charge in [0.2, 0.25) is 17.7 Å². The lowest BCUT2D eigenvalue weighted by Crippen LogP contribution is -2.56. The second-order valence-electron chi connectivity index (χ2n) is 12.1. The van der Waals surface area contributed by atoms with Crippen molar-refractivity contribution in [3.63, 3.8) is 0 Å². The first-order valence-corrected chi connectivity index (χ1v) is 14.4. The first-order valence-electron chi connectivity index (χ1n) is 14.0. The fourth-order valence-corrected chi connectivity index (χ4v) is 7.42. The third kappa shape index (κ3) is 4.70. The molecular weight excluding hydrogens is 530 g/mol. The minimum absolute atomic E-state index is 0.164. The number of nitrogens with zero attached hydrogens (tertiary/aromatic N) is 1. The molecule has 3 amide bonds. The summed E-state index contributed by atoms with van der Waals surface area (Å²) in [4.78, 5) is 43.8. The van der Waals surface area contributed by atoms with Gasteiger partial charge in [-0.15, -0.1) is 0 Å². The second-order valence-corrected chi connectivity index (χ2v) is 12.5. The zero-order chi connectivity index (χ0) is 28.8. The molecule has 5 rings (SSSR count). The number of aliphatic hydroxyl groups is 1. The number of halogens is 1. The predicted molar refractivity (Wildman–Crippen MR) is 153 cm³/mol. The van der Waals surface area contributed by atoms with Gasteiger partial charge in [0.1, 0.15) is 11.6 Å². The van der Waals surface area contributed by atoms with Crippen molar-refractivity contribution in [2.24, 2.45) is 17.8 Å². The zero-order valence-corrected chi connectivity index (χ0v) is 24.2. The summed E-state index contributed by atoms with van der Waals surface area (Å²) in [5.41, 5.74) is 0.127. The number of aryl methyl sites for hydroxylation is 1. The van der Waals surface area contributed by atoms with Gasteiger partial charge < -0.3 is 25.4 Å². The molecule has 3 saturated heterocycles. The standard InChI is InChI=1S/C31H38ClN3O5/c1-18(2)15-21(17-36)35-26(28(38)34-25-19(3)9-8-12-22(25)32)31-14-13-30(4,40-31)23(24(31)29(35)39)27(37)33-16-20-10-6-5-7-11-20/h5-12,18,21,23-24,26,36H,13-17H2,1-4H3,(H,33,37)(H,34,38)/t21-,23-,24+,26?,30+,31?/m1/s1.